The molecule has 0 fully saturated rings. The topological polar surface area (TPSA) is 89.6 Å². The quantitative estimate of drug-likeness (QED) is 0.673. The van der Waals surface area contributed by atoms with Crippen molar-refractivity contribution in [2.24, 2.45) is 0 Å². The van der Waals surface area contributed by atoms with Crippen LogP contribution in [0.3, 0.4) is 0 Å². The van der Waals surface area contributed by atoms with Gasteiger partial charge in [-0.05, 0) is 6.92 Å². The lowest BCUT2D eigenvalue weighted by Crippen LogP contribution is -2.15. The Labute approximate surface area is 79.1 Å². The van der Waals surface area contributed by atoms with E-state index in [1.165, 1.54) is 6.33 Å². The molecule has 0 spiro atoms. The summed E-state index contributed by atoms with van der Waals surface area (Å²) in [6.45, 7) is 1.84. The average molecular weight is 191 g/mol. The Morgan fingerprint density at radius 2 is 2.43 bits per heavy atom. The van der Waals surface area contributed by atoms with Gasteiger partial charge >= 0.3 is 5.56 Å². The number of H-pyrrole nitrogens is 1. The SMILES string of the molecule is C/C=C\n1c(N)nc(=O)c2[nH]cnc21. The van der Waals surface area contributed by atoms with Gasteiger partial charge in [-0.2, -0.15) is 4.98 Å². The van der Waals surface area contributed by atoms with Crippen molar-refractivity contribution in [3.63, 3.8) is 0 Å². The molecule has 6 heteroatoms. The van der Waals surface area contributed by atoms with E-state index in [1.54, 1.807) is 16.8 Å². The van der Waals surface area contributed by atoms with Crippen molar-refractivity contribution >= 4 is 23.3 Å². The number of nitrogens with two attached hydrogens (primary N) is 1. The zero-order chi connectivity index (χ0) is 10.1. The Hall–Kier alpha value is -2.11. The Bertz CT molecular complexity index is 550. The molecule has 0 atom stereocenters. The molecule has 14 heavy (non-hydrogen) atoms. The number of rotatable bonds is 1. The number of nitrogens with one attached hydrogen (secondary N) is 1. The van der Waals surface area contributed by atoms with Crippen LogP contribution in [-0.4, -0.2) is 19.5 Å². The maximum absolute atomic E-state index is 11.3. The number of hydrogen-bond acceptors (Lipinski definition) is 4. The van der Waals surface area contributed by atoms with Crippen LogP contribution >= 0.6 is 0 Å². The summed E-state index contributed by atoms with van der Waals surface area (Å²) in [4.78, 5) is 21.7. The van der Waals surface area contributed by atoms with E-state index in [0.717, 1.165) is 0 Å². The van der Waals surface area contributed by atoms with Crippen molar-refractivity contribution in [2.45, 2.75) is 6.92 Å². The maximum atomic E-state index is 11.3. The smallest absolute Gasteiger partial charge is 0.300 e. The van der Waals surface area contributed by atoms with E-state index in [2.05, 4.69) is 15.0 Å². The number of aromatic amines is 1. The van der Waals surface area contributed by atoms with Crippen LogP contribution in [0.25, 0.3) is 17.4 Å². The number of nitrogens with zero attached hydrogens (tertiary/aromatic N) is 3. The first-order valence-corrected chi connectivity index (χ1v) is 4.08. The molecule has 0 saturated carbocycles. The fraction of sp³-hybridized carbons (Fsp3) is 0.125. The fourth-order valence-corrected chi connectivity index (χ4v) is 1.25. The fourth-order valence-electron chi connectivity index (χ4n) is 1.25. The Morgan fingerprint density at radius 1 is 1.64 bits per heavy atom. The summed E-state index contributed by atoms with van der Waals surface area (Å²) in [5, 5.41) is 0. The summed E-state index contributed by atoms with van der Waals surface area (Å²) < 4.78 is 1.55. The lowest BCUT2D eigenvalue weighted by Gasteiger charge is -2.02. The highest BCUT2D eigenvalue weighted by Crippen LogP contribution is 2.08. The molecule has 3 N–H and O–H groups in total. The molecule has 72 valence electrons. The van der Waals surface area contributed by atoms with Crippen molar-refractivity contribution in [3.05, 3.63) is 22.8 Å². The van der Waals surface area contributed by atoms with Gasteiger partial charge in [0.05, 0.1) is 6.33 Å². The van der Waals surface area contributed by atoms with Gasteiger partial charge in [-0.25, -0.2) is 4.98 Å². The Morgan fingerprint density at radius 3 is 3.14 bits per heavy atom. The first-order chi connectivity index (χ1) is 6.74. The molecule has 0 aliphatic rings. The van der Waals surface area contributed by atoms with E-state index < -0.39 is 5.56 Å². The van der Waals surface area contributed by atoms with Gasteiger partial charge in [0.15, 0.2) is 11.2 Å². The van der Waals surface area contributed by atoms with Crippen LogP contribution in [0.2, 0.25) is 0 Å². The van der Waals surface area contributed by atoms with Crippen molar-refractivity contribution in [1.29, 1.82) is 0 Å². The van der Waals surface area contributed by atoms with Crippen molar-refractivity contribution in [3.8, 4) is 0 Å². The van der Waals surface area contributed by atoms with Crippen LogP contribution in [0.4, 0.5) is 5.95 Å². The second-order valence-corrected chi connectivity index (χ2v) is 2.73. The van der Waals surface area contributed by atoms with Crippen molar-refractivity contribution in [2.75, 3.05) is 5.73 Å². The first kappa shape index (κ1) is 8.49. The Kier molecular flexibility index (Phi) is 1.81. The third kappa shape index (κ3) is 1.08. The zero-order valence-corrected chi connectivity index (χ0v) is 7.56. The predicted octanol–water partition coefficient (Wildman–Crippen LogP) is 0.192. The number of fused-ring (bicyclic) bond motifs is 1. The van der Waals surface area contributed by atoms with E-state index >= 15 is 0 Å². The molecule has 2 rings (SSSR count). The van der Waals surface area contributed by atoms with Crippen LogP contribution < -0.4 is 11.3 Å². The second-order valence-electron chi connectivity index (χ2n) is 2.73. The van der Waals surface area contributed by atoms with Crippen LogP contribution in [0.15, 0.2) is 17.2 Å². The molecular formula is C8H9N5O. The van der Waals surface area contributed by atoms with Gasteiger partial charge in [-0.3, -0.25) is 9.36 Å². The molecule has 0 radical (unpaired) electrons. The zero-order valence-electron chi connectivity index (χ0n) is 7.56. The minimum atomic E-state index is -0.393. The predicted molar refractivity (Wildman–Crippen MR) is 53.6 cm³/mol. The van der Waals surface area contributed by atoms with Crippen molar-refractivity contribution in [1.82, 2.24) is 19.5 Å². The number of imidazole rings is 1. The van der Waals surface area contributed by atoms with Crippen molar-refractivity contribution < 1.29 is 0 Å². The summed E-state index contributed by atoms with van der Waals surface area (Å²) in [7, 11) is 0. The van der Waals surface area contributed by atoms with Crippen LogP contribution in [0.1, 0.15) is 6.92 Å². The standard InChI is InChI=1S/C8H9N5O/c1-2-3-13-6-5(10-4-11-6)7(14)12-8(13)9/h2-4H,1H3,(H,10,11)(H2,9,12,14)/b3-2-. The molecule has 0 aliphatic carbocycles. The molecule has 0 aliphatic heterocycles. The summed E-state index contributed by atoms with van der Waals surface area (Å²) in [6.07, 6.45) is 4.93. The van der Waals surface area contributed by atoms with Crippen LogP contribution in [-0.2, 0) is 0 Å². The highest BCUT2D eigenvalue weighted by atomic mass is 16.1. The van der Waals surface area contributed by atoms with E-state index in [0.29, 0.717) is 11.2 Å². The van der Waals surface area contributed by atoms with Gasteiger partial charge in [0.2, 0.25) is 5.95 Å². The lowest BCUT2D eigenvalue weighted by molar-refractivity contribution is 1.07. The monoisotopic (exact) mass is 191 g/mol. The van der Waals surface area contributed by atoms with Gasteiger partial charge in [0.1, 0.15) is 0 Å². The molecule has 0 bridgehead atoms. The summed E-state index contributed by atoms with van der Waals surface area (Å²) in [6, 6.07) is 0. The molecule has 2 aromatic rings. The number of anilines is 1. The lowest BCUT2D eigenvalue weighted by atomic mass is 10.5. The van der Waals surface area contributed by atoms with Gasteiger partial charge < -0.3 is 10.7 Å². The minimum Gasteiger partial charge on any atom is -0.369 e. The first-order valence-electron chi connectivity index (χ1n) is 4.08. The number of aromatic nitrogens is 4. The maximum Gasteiger partial charge on any atom is 0.300 e. The van der Waals surface area contributed by atoms with Crippen LogP contribution in [0.5, 0.6) is 0 Å². The minimum absolute atomic E-state index is 0.132. The Balaban J connectivity index is 2.93. The number of hydrogen-bond donors (Lipinski definition) is 2. The normalized spacial score (nSPS) is 11.5. The van der Waals surface area contributed by atoms with Gasteiger partial charge in [0.25, 0.3) is 0 Å². The highest BCUT2D eigenvalue weighted by Gasteiger charge is 2.07. The molecule has 0 aromatic carbocycles. The molecule has 0 amide bonds. The van der Waals surface area contributed by atoms with Gasteiger partial charge in [-0.15, -0.1) is 0 Å². The average Bonchev–Trinajstić information content (AvgIpc) is 2.60. The summed E-state index contributed by atoms with van der Waals surface area (Å²) >= 11 is 0. The molecule has 6 nitrogen and oxygen atoms in total. The molecule has 0 unspecified atom stereocenters. The summed E-state index contributed by atoms with van der Waals surface area (Å²) in [5.74, 6) is 0.132. The van der Waals surface area contributed by atoms with Gasteiger partial charge in [0, 0.05) is 6.20 Å². The van der Waals surface area contributed by atoms with E-state index in [-0.39, 0.29) is 5.95 Å². The van der Waals surface area contributed by atoms with Crippen LogP contribution in [0, 0.1) is 0 Å². The highest BCUT2D eigenvalue weighted by molar-refractivity contribution is 5.73. The molecule has 0 saturated heterocycles. The van der Waals surface area contributed by atoms with E-state index in [9.17, 15) is 4.79 Å². The van der Waals surface area contributed by atoms with Gasteiger partial charge in [-0.1, -0.05) is 6.08 Å². The van der Waals surface area contributed by atoms with E-state index in [1.807, 2.05) is 6.92 Å². The molecule has 2 aromatic heterocycles. The third-order valence-electron chi connectivity index (χ3n) is 1.82. The van der Waals surface area contributed by atoms with E-state index in [4.69, 9.17) is 5.73 Å². The molecular weight excluding hydrogens is 182 g/mol. The summed E-state index contributed by atoms with van der Waals surface area (Å²) in [5.41, 5.74) is 6.03. The largest absolute Gasteiger partial charge is 0.369 e. The number of nitrogen functional groups attached to an aromatic ring is 1. The number of allylic oxidation sites excluding steroid dienone is 1. The third-order valence-corrected chi connectivity index (χ3v) is 1.82. The second kappa shape index (κ2) is 2.99. The molecule has 2 heterocycles.